The molecule has 0 saturated carbocycles. The van der Waals surface area contributed by atoms with E-state index in [0.29, 0.717) is 28.9 Å². The van der Waals surface area contributed by atoms with Gasteiger partial charge < -0.3 is 19.5 Å². The zero-order valence-electron chi connectivity index (χ0n) is 11.9. The number of aryl methyl sites for hydroxylation is 1. The Labute approximate surface area is 117 Å². The predicted octanol–water partition coefficient (Wildman–Crippen LogP) is 2.64. The van der Waals surface area contributed by atoms with E-state index < -0.39 is 0 Å². The molecule has 6 nitrogen and oxygen atoms in total. The fourth-order valence-corrected chi connectivity index (χ4v) is 1.76. The van der Waals surface area contributed by atoms with E-state index in [1.807, 2.05) is 25.1 Å². The average Bonchev–Trinajstić information content (AvgIpc) is 2.48. The Balaban J connectivity index is 2.39. The Morgan fingerprint density at radius 3 is 2.50 bits per heavy atom. The zero-order valence-corrected chi connectivity index (χ0v) is 11.9. The molecule has 0 aliphatic heterocycles. The maximum Gasteiger partial charge on any atom is 0.268 e. The number of anilines is 1. The van der Waals surface area contributed by atoms with Gasteiger partial charge in [0, 0.05) is 7.05 Å². The third kappa shape index (κ3) is 2.74. The lowest BCUT2D eigenvalue weighted by Gasteiger charge is -2.13. The summed E-state index contributed by atoms with van der Waals surface area (Å²) in [6.07, 6.45) is 1.41. The molecule has 20 heavy (non-hydrogen) atoms. The lowest BCUT2D eigenvalue weighted by atomic mass is 10.2. The molecule has 2 aromatic rings. The molecule has 0 unspecified atom stereocenters. The highest BCUT2D eigenvalue weighted by Gasteiger charge is 2.15. The molecule has 0 saturated heterocycles. The second kappa shape index (κ2) is 6.10. The van der Waals surface area contributed by atoms with Crippen molar-refractivity contribution in [1.29, 1.82) is 0 Å². The molecule has 0 fully saturated rings. The minimum Gasteiger partial charge on any atom is -0.493 e. The van der Waals surface area contributed by atoms with Crippen molar-refractivity contribution in [2.45, 2.75) is 6.92 Å². The van der Waals surface area contributed by atoms with Gasteiger partial charge in [0.05, 0.1) is 14.2 Å². The summed E-state index contributed by atoms with van der Waals surface area (Å²) in [5.74, 6) is 2.53. The van der Waals surface area contributed by atoms with E-state index in [4.69, 9.17) is 14.2 Å². The van der Waals surface area contributed by atoms with E-state index in [1.165, 1.54) is 6.33 Å². The molecule has 0 radical (unpaired) electrons. The Kier molecular flexibility index (Phi) is 4.24. The number of hydrogen-bond donors (Lipinski definition) is 1. The van der Waals surface area contributed by atoms with Crippen LogP contribution in [0.3, 0.4) is 0 Å². The Bertz CT molecular complexity index is 602. The van der Waals surface area contributed by atoms with Gasteiger partial charge in [0.15, 0.2) is 17.3 Å². The Morgan fingerprint density at radius 2 is 1.85 bits per heavy atom. The monoisotopic (exact) mass is 275 g/mol. The van der Waals surface area contributed by atoms with Gasteiger partial charge in [-0.2, -0.15) is 4.98 Å². The molecule has 6 heteroatoms. The number of methoxy groups -OCH3 is 2. The van der Waals surface area contributed by atoms with Crippen molar-refractivity contribution in [2.24, 2.45) is 0 Å². The molecule has 0 amide bonds. The second-order valence-electron chi connectivity index (χ2n) is 4.07. The van der Waals surface area contributed by atoms with E-state index in [9.17, 15) is 0 Å². The van der Waals surface area contributed by atoms with E-state index >= 15 is 0 Å². The van der Waals surface area contributed by atoms with Gasteiger partial charge in [-0.3, -0.25) is 0 Å². The fourth-order valence-electron chi connectivity index (χ4n) is 1.76. The smallest absolute Gasteiger partial charge is 0.268 e. The fraction of sp³-hybridized carbons (Fsp3) is 0.286. The second-order valence-corrected chi connectivity index (χ2v) is 4.07. The van der Waals surface area contributed by atoms with Crippen LogP contribution in [0.4, 0.5) is 5.82 Å². The van der Waals surface area contributed by atoms with Crippen molar-refractivity contribution in [3.05, 3.63) is 30.1 Å². The largest absolute Gasteiger partial charge is 0.493 e. The van der Waals surface area contributed by atoms with Crippen LogP contribution in [0.1, 0.15) is 5.56 Å². The van der Waals surface area contributed by atoms with Gasteiger partial charge in [-0.15, -0.1) is 0 Å². The first kappa shape index (κ1) is 13.9. The summed E-state index contributed by atoms with van der Waals surface area (Å²) < 4.78 is 16.4. The molecule has 0 bridgehead atoms. The maximum absolute atomic E-state index is 5.78. The third-order valence-electron chi connectivity index (χ3n) is 2.74. The standard InChI is InChI=1S/C14H17N3O3/c1-9-5-6-10(11(7-9)18-3)20-14-12(19-4)13(15-2)16-8-17-14/h5-8H,1-4H3,(H,15,16,17). The topological polar surface area (TPSA) is 65.5 Å². The van der Waals surface area contributed by atoms with Crippen LogP contribution in [0.2, 0.25) is 0 Å². The van der Waals surface area contributed by atoms with E-state index in [1.54, 1.807) is 21.3 Å². The maximum atomic E-state index is 5.78. The summed E-state index contributed by atoms with van der Waals surface area (Å²) in [5, 5.41) is 2.92. The Morgan fingerprint density at radius 1 is 1.05 bits per heavy atom. The van der Waals surface area contributed by atoms with Crippen LogP contribution in [0, 0.1) is 6.92 Å². The van der Waals surface area contributed by atoms with Crippen LogP contribution >= 0.6 is 0 Å². The highest BCUT2D eigenvalue weighted by molar-refractivity contribution is 5.56. The molecule has 1 N–H and O–H groups in total. The minimum atomic E-state index is 0.328. The third-order valence-corrected chi connectivity index (χ3v) is 2.74. The average molecular weight is 275 g/mol. The number of nitrogens with one attached hydrogen (secondary N) is 1. The minimum absolute atomic E-state index is 0.328. The summed E-state index contributed by atoms with van der Waals surface area (Å²) >= 11 is 0. The first-order valence-corrected chi connectivity index (χ1v) is 6.08. The van der Waals surface area contributed by atoms with Gasteiger partial charge in [-0.1, -0.05) is 6.07 Å². The number of hydrogen-bond acceptors (Lipinski definition) is 6. The van der Waals surface area contributed by atoms with Crippen LogP contribution in [-0.2, 0) is 0 Å². The summed E-state index contributed by atoms with van der Waals surface area (Å²) in [6.45, 7) is 1.98. The van der Waals surface area contributed by atoms with Gasteiger partial charge >= 0.3 is 0 Å². The van der Waals surface area contributed by atoms with E-state index in [-0.39, 0.29) is 0 Å². The molecule has 1 heterocycles. The Hall–Kier alpha value is -2.50. The highest BCUT2D eigenvalue weighted by Crippen LogP contribution is 2.37. The van der Waals surface area contributed by atoms with Crippen molar-refractivity contribution in [2.75, 3.05) is 26.6 Å². The highest BCUT2D eigenvalue weighted by atomic mass is 16.5. The summed E-state index contributed by atoms with van der Waals surface area (Å²) in [6, 6.07) is 5.65. The van der Waals surface area contributed by atoms with Crippen molar-refractivity contribution < 1.29 is 14.2 Å². The van der Waals surface area contributed by atoms with Crippen LogP contribution in [-0.4, -0.2) is 31.2 Å². The lowest BCUT2D eigenvalue weighted by molar-refractivity contribution is 0.348. The lowest BCUT2D eigenvalue weighted by Crippen LogP contribution is -2.01. The summed E-state index contributed by atoms with van der Waals surface area (Å²) in [7, 11) is 4.89. The zero-order chi connectivity index (χ0) is 14.5. The van der Waals surface area contributed by atoms with Gasteiger partial charge in [0.2, 0.25) is 5.75 Å². The molecule has 0 aliphatic carbocycles. The van der Waals surface area contributed by atoms with Crippen LogP contribution < -0.4 is 19.5 Å². The molecule has 106 valence electrons. The number of rotatable bonds is 5. The number of aromatic nitrogens is 2. The molecular formula is C14H17N3O3. The predicted molar refractivity (Wildman–Crippen MR) is 75.9 cm³/mol. The van der Waals surface area contributed by atoms with Crippen LogP contribution in [0.5, 0.6) is 23.1 Å². The molecule has 0 aliphatic rings. The normalized spacial score (nSPS) is 10.0. The molecule has 0 atom stereocenters. The summed E-state index contributed by atoms with van der Waals surface area (Å²) in [4.78, 5) is 8.17. The van der Waals surface area contributed by atoms with Crippen LogP contribution in [0.15, 0.2) is 24.5 Å². The molecule has 1 aromatic carbocycles. The van der Waals surface area contributed by atoms with Crippen molar-refractivity contribution >= 4 is 5.82 Å². The molecule has 0 spiro atoms. The van der Waals surface area contributed by atoms with Crippen molar-refractivity contribution in [3.63, 3.8) is 0 Å². The van der Waals surface area contributed by atoms with Gasteiger partial charge in [0.1, 0.15) is 6.33 Å². The van der Waals surface area contributed by atoms with Gasteiger partial charge in [-0.25, -0.2) is 4.98 Å². The number of ether oxygens (including phenoxy) is 3. The van der Waals surface area contributed by atoms with Gasteiger partial charge in [0.25, 0.3) is 5.88 Å². The molecule has 2 rings (SSSR count). The number of benzene rings is 1. The van der Waals surface area contributed by atoms with Crippen molar-refractivity contribution in [3.8, 4) is 23.1 Å². The van der Waals surface area contributed by atoms with E-state index in [2.05, 4.69) is 15.3 Å². The quantitative estimate of drug-likeness (QED) is 0.905. The first-order valence-electron chi connectivity index (χ1n) is 6.08. The van der Waals surface area contributed by atoms with Gasteiger partial charge in [-0.05, 0) is 24.6 Å². The van der Waals surface area contributed by atoms with E-state index in [0.717, 1.165) is 5.56 Å². The summed E-state index contributed by atoms with van der Waals surface area (Å²) in [5.41, 5.74) is 1.08. The first-order chi connectivity index (χ1) is 9.69. The number of nitrogens with zero attached hydrogens (tertiary/aromatic N) is 2. The molecular weight excluding hydrogens is 258 g/mol. The van der Waals surface area contributed by atoms with Crippen molar-refractivity contribution in [1.82, 2.24) is 9.97 Å². The SMILES string of the molecule is CNc1ncnc(Oc2ccc(C)cc2OC)c1OC. The van der Waals surface area contributed by atoms with Crippen LogP contribution in [0.25, 0.3) is 0 Å². The molecule has 1 aromatic heterocycles.